The lowest BCUT2D eigenvalue weighted by atomic mass is 9.94. The van der Waals surface area contributed by atoms with Crippen molar-refractivity contribution in [3.8, 4) is 16.9 Å². The van der Waals surface area contributed by atoms with E-state index in [9.17, 15) is 0 Å². The summed E-state index contributed by atoms with van der Waals surface area (Å²) in [6.45, 7) is 4.18. The number of methoxy groups -OCH3 is 1. The second kappa shape index (κ2) is 5.01. The van der Waals surface area contributed by atoms with Gasteiger partial charge in [0.15, 0.2) is 0 Å². The summed E-state index contributed by atoms with van der Waals surface area (Å²) in [6.07, 6.45) is 0. The topological polar surface area (TPSA) is 9.23 Å². The first-order valence-electron chi connectivity index (χ1n) is 6.76. The molecule has 0 bridgehead atoms. The molecule has 0 aliphatic heterocycles. The van der Waals surface area contributed by atoms with Gasteiger partial charge in [-0.15, -0.1) is 0 Å². The number of aryl methyl sites for hydroxylation is 2. The first-order chi connectivity index (χ1) is 9.70. The fourth-order valence-corrected chi connectivity index (χ4v) is 2.71. The van der Waals surface area contributed by atoms with Crippen molar-refractivity contribution in [3.63, 3.8) is 0 Å². The predicted molar refractivity (Wildman–Crippen MR) is 84.2 cm³/mol. The van der Waals surface area contributed by atoms with E-state index in [0.717, 1.165) is 11.1 Å². The van der Waals surface area contributed by atoms with E-state index in [4.69, 9.17) is 4.74 Å². The molecule has 3 rings (SSSR count). The lowest BCUT2D eigenvalue weighted by molar-refractivity contribution is 0.420. The summed E-state index contributed by atoms with van der Waals surface area (Å²) in [5, 5.41) is 2.36. The van der Waals surface area contributed by atoms with E-state index in [1.807, 2.05) is 12.1 Å². The smallest absolute Gasteiger partial charge is 0.126 e. The Morgan fingerprint density at radius 2 is 1.50 bits per heavy atom. The molecular formula is C19H17O. The van der Waals surface area contributed by atoms with Gasteiger partial charge in [0.05, 0.1) is 7.11 Å². The van der Waals surface area contributed by atoms with Crippen LogP contribution in [-0.4, -0.2) is 7.11 Å². The van der Waals surface area contributed by atoms with Gasteiger partial charge in [-0.3, -0.25) is 0 Å². The van der Waals surface area contributed by atoms with Crippen LogP contribution in [0.3, 0.4) is 0 Å². The zero-order chi connectivity index (χ0) is 14.1. The van der Waals surface area contributed by atoms with Crippen LogP contribution in [0, 0.1) is 19.9 Å². The molecule has 3 aromatic carbocycles. The van der Waals surface area contributed by atoms with E-state index < -0.39 is 0 Å². The average Bonchev–Trinajstić information content (AvgIpc) is 2.47. The summed E-state index contributed by atoms with van der Waals surface area (Å²) in [4.78, 5) is 0. The Morgan fingerprint density at radius 3 is 2.20 bits per heavy atom. The third-order valence-corrected chi connectivity index (χ3v) is 3.68. The highest BCUT2D eigenvalue weighted by Gasteiger charge is 2.09. The molecule has 1 heteroatoms. The summed E-state index contributed by atoms with van der Waals surface area (Å²) >= 11 is 0. The Hall–Kier alpha value is -2.28. The molecule has 20 heavy (non-hydrogen) atoms. The second-order valence-corrected chi connectivity index (χ2v) is 5.04. The van der Waals surface area contributed by atoms with E-state index in [1.54, 1.807) is 7.11 Å². The molecule has 0 spiro atoms. The minimum absolute atomic E-state index is 0.915. The number of ether oxygens (including phenoxy) is 1. The number of hydrogen-bond donors (Lipinski definition) is 0. The number of hydrogen-bond acceptors (Lipinski definition) is 1. The third kappa shape index (κ3) is 2.05. The van der Waals surface area contributed by atoms with Gasteiger partial charge in [0.25, 0.3) is 0 Å². The molecule has 0 heterocycles. The van der Waals surface area contributed by atoms with Crippen molar-refractivity contribution in [2.24, 2.45) is 0 Å². The average molecular weight is 261 g/mol. The van der Waals surface area contributed by atoms with Gasteiger partial charge >= 0.3 is 0 Å². The molecule has 0 fully saturated rings. The number of benzene rings is 3. The van der Waals surface area contributed by atoms with E-state index in [-0.39, 0.29) is 0 Å². The summed E-state index contributed by atoms with van der Waals surface area (Å²) in [7, 11) is 1.71. The fraction of sp³-hybridized carbons (Fsp3) is 0.158. The first-order valence-corrected chi connectivity index (χ1v) is 6.76. The summed E-state index contributed by atoms with van der Waals surface area (Å²) in [6, 6.07) is 20.2. The van der Waals surface area contributed by atoms with Crippen molar-refractivity contribution in [1.82, 2.24) is 0 Å². The second-order valence-electron chi connectivity index (χ2n) is 5.04. The molecule has 99 valence electrons. The minimum atomic E-state index is 0.915. The van der Waals surface area contributed by atoms with Gasteiger partial charge in [-0.25, -0.2) is 0 Å². The van der Waals surface area contributed by atoms with E-state index in [2.05, 4.69) is 56.3 Å². The molecule has 1 nitrogen and oxygen atoms in total. The maximum atomic E-state index is 5.46. The van der Waals surface area contributed by atoms with Gasteiger partial charge in [0.1, 0.15) is 5.75 Å². The van der Waals surface area contributed by atoms with Crippen molar-refractivity contribution in [2.45, 2.75) is 13.8 Å². The van der Waals surface area contributed by atoms with Gasteiger partial charge in [-0.1, -0.05) is 42.5 Å². The van der Waals surface area contributed by atoms with Crippen LogP contribution in [0.25, 0.3) is 21.9 Å². The van der Waals surface area contributed by atoms with Crippen LogP contribution in [0.4, 0.5) is 0 Å². The molecule has 1 radical (unpaired) electrons. The van der Waals surface area contributed by atoms with Crippen LogP contribution in [-0.2, 0) is 0 Å². The molecular weight excluding hydrogens is 244 g/mol. The van der Waals surface area contributed by atoms with Gasteiger partial charge in [0.2, 0.25) is 0 Å². The highest BCUT2D eigenvalue weighted by atomic mass is 16.5. The van der Waals surface area contributed by atoms with Crippen molar-refractivity contribution >= 4 is 10.8 Å². The van der Waals surface area contributed by atoms with Crippen LogP contribution < -0.4 is 4.74 Å². The van der Waals surface area contributed by atoms with Gasteiger partial charge in [-0.05, 0) is 53.6 Å². The first kappa shape index (κ1) is 12.7. The Bertz CT molecular complexity index is 772. The maximum absolute atomic E-state index is 5.46. The molecule has 0 N–H and O–H groups in total. The molecule has 0 amide bonds. The molecule has 0 saturated heterocycles. The fourth-order valence-electron chi connectivity index (χ4n) is 2.71. The Morgan fingerprint density at radius 1 is 0.800 bits per heavy atom. The molecule has 0 atom stereocenters. The van der Waals surface area contributed by atoms with Crippen LogP contribution in [0.15, 0.2) is 48.5 Å². The van der Waals surface area contributed by atoms with Crippen molar-refractivity contribution in [3.05, 3.63) is 65.7 Å². The summed E-state index contributed by atoms with van der Waals surface area (Å²) in [5.74, 6) is 0.915. The lowest BCUT2D eigenvalue weighted by Crippen LogP contribution is -1.90. The minimum Gasteiger partial charge on any atom is -0.496 e. The van der Waals surface area contributed by atoms with E-state index in [0.29, 0.717) is 0 Å². The zero-order valence-corrected chi connectivity index (χ0v) is 12.0. The Labute approximate surface area is 119 Å². The van der Waals surface area contributed by atoms with Crippen molar-refractivity contribution in [1.29, 1.82) is 0 Å². The highest BCUT2D eigenvalue weighted by molar-refractivity contribution is 6.00. The van der Waals surface area contributed by atoms with Crippen LogP contribution >= 0.6 is 0 Å². The van der Waals surface area contributed by atoms with Crippen LogP contribution in [0.5, 0.6) is 5.75 Å². The van der Waals surface area contributed by atoms with Crippen LogP contribution in [0.2, 0.25) is 0 Å². The van der Waals surface area contributed by atoms with Crippen molar-refractivity contribution in [2.75, 3.05) is 7.11 Å². The molecule has 0 unspecified atom stereocenters. The van der Waals surface area contributed by atoms with Crippen molar-refractivity contribution < 1.29 is 4.74 Å². The molecule has 3 aromatic rings. The SMILES string of the molecule is COc1ccc(-c2ccc(C)[c]c2C)c2ccccc12. The molecule has 0 saturated carbocycles. The Balaban J connectivity index is 2.32. The summed E-state index contributed by atoms with van der Waals surface area (Å²) in [5.41, 5.74) is 4.81. The van der Waals surface area contributed by atoms with Gasteiger partial charge in [0, 0.05) is 5.39 Å². The maximum Gasteiger partial charge on any atom is 0.126 e. The number of rotatable bonds is 2. The lowest BCUT2D eigenvalue weighted by Gasteiger charge is -2.12. The highest BCUT2D eigenvalue weighted by Crippen LogP contribution is 2.35. The molecule has 0 aliphatic carbocycles. The standard InChI is InChI=1S/C19H17O/c1-13-8-9-15(14(2)12-13)17-10-11-19(20-3)18-7-5-4-6-16(17)18/h4-11H,1-3H3. The normalized spacial score (nSPS) is 10.8. The van der Waals surface area contributed by atoms with E-state index >= 15 is 0 Å². The summed E-state index contributed by atoms with van der Waals surface area (Å²) < 4.78 is 5.46. The molecule has 0 aromatic heterocycles. The third-order valence-electron chi connectivity index (χ3n) is 3.68. The Kier molecular flexibility index (Phi) is 3.19. The monoisotopic (exact) mass is 261 g/mol. The van der Waals surface area contributed by atoms with E-state index in [1.165, 1.54) is 27.6 Å². The predicted octanol–water partition coefficient (Wildman–Crippen LogP) is 4.93. The molecule has 0 aliphatic rings. The van der Waals surface area contributed by atoms with Crippen LogP contribution in [0.1, 0.15) is 11.1 Å². The largest absolute Gasteiger partial charge is 0.496 e. The number of fused-ring (bicyclic) bond motifs is 1. The quantitative estimate of drug-likeness (QED) is 0.635. The zero-order valence-electron chi connectivity index (χ0n) is 12.0. The van der Waals surface area contributed by atoms with Gasteiger partial charge < -0.3 is 4.74 Å². The van der Waals surface area contributed by atoms with Gasteiger partial charge in [-0.2, -0.15) is 0 Å².